The summed E-state index contributed by atoms with van der Waals surface area (Å²) >= 11 is 3.24. The summed E-state index contributed by atoms with van der Waals surface area (Å²) in [6.07, 6.45) is 21.6. The van der Waals surface area contributed by atoms with Gasteiger partial charge in [-0.25, -0.2) is 33.9 Å². The van der Waals surface area contributed by atoms with Crippen LogP contribution in [0.25, 0.3) is 18.2 Å². The van der Waals surface area contributed by atoms with E-state index in [1.54, 1.807) is 105 Å². The largest absolute Gasteiger partial charge is 1.00 e. The van der Waals surface area contributed by atoms with Gasteiger partial charge in [0.25, 0.3) is 6.47 Å². The van der Waals surface area contributed by atoms with E-state index in [1.165, 1.54) is 61.4 Å². The Morgan fingerprint density at radius 3 is 1.08 bits per heavy atom. The van der Waals surface area contributed by atoms with Gasteiger partial charge in [0.05, 0.1) is 94.2 Å². The number of aliphatic carboxylic acids is 1. The molecule has 9 rings (SSSR count). The minimum atomic E-state index is -1.02. The molecule has 0 spiro atoms. The van der Waals surface area contributed by atoms with Crippen LogP contribution in [0.15, 0.2) is 116 Å². The molecule has 0 radical (unpaired) electrons. The van der Waals surface area contributed by atoms with Crippen LogP contribution in [0.1, 0.15) is 117 Å². The number of amides is 6. The Bertz CT molecular complexity index is 3110. The van der Waals surface area contributed by atoms with Crippen LogP contribution in [0, 0.1) is 53.3 Å². The van der Waals surface area contributed by atoms with Crippen LogP contribution in [0.4, 0.5) is 17.1 Å². The van der Waals surface area contributed by atoms with Gasteiger partial charge >= 0.3 is 121 Å². The van der Waals surface area contributed by atoms with Gasteiger partial charge in [0.2, 0.25) is 35.4 Å². The Hall–Kier alpha value is -4.43. The number of carboxylic acid groups (broad SMARTS) is 1. The number of hydrogen-bond acceptors (Lipinski definition) is 20. The zero-order valence-electron chi connectivity index (χ0n) is 60.9. The summed E-state index contributed by atoms with van der Waals surface area (Å²) in [5.41, 5.74) is 4.07. The smallest absolute Gasteiger partial charge is 1.00 e. The predicted octanol–water partition coefficient (Wildman–Crippen LogP) is 3.22. The van der Waals surface area contributed by atoms with Gasteiger partial charge in [-0.2, -0.15) is 0 Å². The molecule has 1 N–H and O–H groups in total. The van der Waals surface area contributed by atoms with Crippen LogP contribution in [0.5, 0.6) is 0 Å². The maximum atomic E-state index is 12.8. The fourth-order valence-corrected chi connectivity index (χ4v) is 12.3. The molecule has 101 heavy (non-hydrogen) atoms. The molecule has 6 amide bonds. The van der Waals surface area contributed by atoms with E-state index < -0.39 is 27.7 Å². The van der Waals surface area contributed by atoms with E-state index in [9.17, 15) is 43.2 Å². The fraction of sp³-hybridized carbons (Fsp3) is 0.472. The molecule has 3 aromatic rings. The van der Waals surface area contributed by atoms with Crippen molar-refractivity contribution in [1.82, 2.24) is 0 Å². The monoisotopic (exact) mass is 1560 g/mol. The number of ether oxygens (including phenoxy) is 2. The van der Waals surface area contributed by atoms with Crippen LogP contribution in [-0.2, 0) is 90.7 Å². The summed E-state index contributed by atoms with van der Waals surface area (Å²) in [4.78, 5) is 141. The van der Waals surface area contributed by atoms with Crippen molar-refractivity contribution in [3.8, 4) is 0 Å². The number of nitrogens with zero attached hydrogens (tertiary/aromatic N) is 3. The Morgan fingerprint density at radius 1 is 0.545 bits per heavy atom. The van der Waals surface area contributed by atoms with Gasteiger partial charge in [-0.15, -0.1) is 13.2 Å². The molecular formula is C72H102BrK2N3O21Si2. The van der Waals surface area contributed by atoms with E-state index in [-0.39, 0.29) is 189 Å². The van der Waals surface area contributed by atoms with Gasteiger partial charge in [0.15, 0.2) is 9.76 Å². The number of halogens is 1. The van der Waals surface area contributed by atoms with Gasteiger partial charge in [-0.3, -0.25) is 48.3 Å². The molecule has 29 heteroatoms. The second-order valence-electron chi connectivity index (χ2n) is 23.3. The van der Waals surface area contributed by atoms with Crippen molar-refractivity contribution in [2.45, 2.75) is 105 Å². The van der Waals surface area contributed by atoms with E-state index in [0.29, 0.717) is 60.0 Å². The molecule has 0 bridgehead atoms. The molecule has 0 aromatic heterocycles. The number of alkyl halides is 1. The van der Waals surface area contributed by atoms with Crippen LogP contribution in [-0.4, -0.2) is 146 Å². The predicted molar refractivity (Wildman–Crippen MR) is 387 cm³/mol. The summed E-state index contributed by atoms with van der Waals surface area (Å²) in [5.74, 6) is -1.91. The fourth-order valence-electron chi connectivity index (χ4n) is 11.4. The van der Waals surface area contributed by atoms with Gasteiger partial charge < -0.3 is 35.0 Å². The first-order chi connectivity index (χ1) is 47.1. The van der Waals surface area contributed by atoms with Crippen molar-refractivity contribution in [3.63, 3.8) is 0 Å². The molecule has 3 aliphatic carbocycles. The number of carboxylic acids is 1. The van der Waals surface area contributed by atoms with Gasteiger partial charge in [-0.05, 0) is 166 Å². The third kappa shape index (κ3) is 34.6. The number of fused-ring (bicyclic) bond motifs is 3. The first kappa shape index (κ1) is 98.6. The maximum Gasteiger partial charge on any atom is 1.00 e. The normalized spacial score (nSPS) is 21.3. The molecule has 6 aliphatic rings. The zero-order valence-corrected chi connectivity index (χ0v) is 71.1. The molecule has 3 saturated heterocycles. The van der Waals surface area contributed by atoms with Crippen molar-refractivity contribution in [2.75, 3.05) is 75.9 Å². The van der Waals surface area contributed by atoms with Gasteiger partial charge in [-0.1, -0.05) is 92.7 Å². The Balaban J connectivity index is -0.00000125. The molecule has 3 aromatic carbocycles. The van der Waals surface area contributed by atoms with E-state index >= 15 is 0 Å². The van der Waals surface area contributed by atoms with Crippen molar-refractivity contribution in [2.24, 2.45) is 53.3 Å². The molecule has 3 heterocycles. The number of anilines is 3. The van der Waals surface area contributed by atoms with Crippen molar-refractivity contribution in [3.05, 3.63) is 133 Å². The van der Waals surface area contributed by atoms with Crippen molar-refractivity contribution < 1.29 is 205 Å². The Labute approximate surface area is 695 Å². The van der Waals surface area contributed by atoms with Crippen LogP contribution in [0.3, 0.4) is 0 Å². The van der Waals surface area contributed by atoms with Gasteiger partial charge in [0.1, 0.15) is 10.5 Å². The van der Waals surface area contributed by atoms with Crippen LogP contribution < -0.4 is 123 Å². The van der Waals surface area contributed by atoms with E-state index in [0.717, 1.165) is 103 Å². The third-order valence-electron chi connectivity index (χ3n) is 16.2. The second kappa shape index (κ2) is 56.9. The average Bonchev–Trinajstić information content (AvgIpc) is 1.64. The first-order valence-corrected chi connectivity index (χ1v) is 35.7. The number of rotatable bonds is 21. The number of carbonyl (C=O) groups excluding carboxylic acids is 9. The number of benzene rings is 3. The minimum Gasteiger partial charge on any atom is -1.00 e. The molecule has 9 unspecified atom stereocenters. The van der Waals surface area contributed by atoms with Gasteiger partial charge in [0, 0.05) is 37.8 Å². The van der Waals surface area contributed by atoms with E-state index in [4.69, 9.17) is 29.1 Å². The molecule has 6 fully saturated rings. The van der Waals surface area contributed by atoms with E-state index in [2.05, 4.69) is 78.7 Å². The minimum absolute atomic E-state index is 0. The SMILES string of the molecule is C.C=CCCBr.C=CCCOC(=O)C=Cc1ccc(N2C(=O)C3CCC(C)CC3C2=O)cc1.CC1CCC2C(=O)N(c3ccc(C=CC(=O)O)cc3)C(=O)C2C1.COOC.COOC.CO[SiH2]CCOC(=O)C=Cc1ccc(N2C(=O)C3CCC(C)CC3C2=O)cc1.CO[SiH3].O=CO[O-].[H-].[K+].[K+]. The number of allylic oxidation sites excluding steroid dienone is 1. The number of imide groups is 3. The van der Waals surface area contributed by atoms with Crippen molar-refractivity contribution in [1.29, 1.82) is 0 Å². The molecule has 9 atom stereocenters. The molecule has 548 valence electrons. The second-order valence-corrected chi connectivity index (χ2v) is 26.6. The summed E-state index contributed by atoms with van der Waals surface area (Å²) in [7, 11) is 9.47. The molecule has 24 nitrogen and oxygen atoms in total. The first-order valence-electron chi connectivity index (χ1n) is 32.1. The Kier molecular flexibility index (Phi) is 55.5. The standard InChI is InChI=1S/C22H25NO4.C21H27NO5Si.C18H19NO4.C4H7Br.2C2H6O2.CH2O3.CH6OSi.CH4.2K.H/c1-3-4-13-27-20(24)12-8-16-6-9-17(10-7-16)23-21(25)18-11-5-15(2)14-19(18)22(23)26;1-14-3-9-17-18(13-14)21(25)22(20(17)24)16-7-4-15(5-8-16)6-10-19(23)27-11-12-28-26-2;1-11-2-8-14-15(10-11)18(23)19(17(14)22)13-6-3-12(4-7-13)5-9-16(20)21;1-2-3-4-5;2*1-3-4-2;2-1-4-3;1-2-3;;;;/h3,6-10,12,15,18-19H,1,4-5,11,13-14H2,2H3;4-8,10,14,17-18H,3,9,11-13,28H2,1-2H3;3-7,9,11,14-15H,2,8,10H2,1H3,(H,20,21);2H,1,3-4H2;2*1-2H3;1,3H;1,3H3;1H4;;;/q;;;;;;;;;2*+1;-1/p-1. The quantitative estimate of drug-likeness (QED) is 0.0153. The zero-order chi connectivity index (χ0) is 73.1. The molecular weight excluding hydrogens is 1460 g/mol. The summed E-state index contributed by atoms with van der Waals surface area (Å²) in [6, 6.07) is 21.8. The van der Waals surface area contributed by atoms with Crippen LogP contribution >= 0.6 is 15.9 Å². The summed E-state index contributed by atoms with van der Waals surface area (Å²) < 4.78 is 19.5. The average molecular weight is 1560 g/mol. The van der Waals surface area contributed by atoms with Crippen LogP contribution in [0.2, 0.25) is 6.04 Å². The van der Waals surface area contributed by atoms with E-state index in [1.807, 2.05) is 6.08 Å². The maximum absolute atomic E-state index is 12.8. The number of esters is 2. The summed E-state index contributed by atoms with van der Waals surface area (Å²) in [5, 5.41) is 18.1. The molecule has 3 aliphatic heterocycles. The third-order valence-corrected chi connectivity index (χ3v) is 17.7. The summed E-state index contributed by atoms with van der Waals surface area (Å²) in [6.45, 7) is 14.0. The number of hydrogen-bond donors (Lipinski definition) is 1. The Morgan fingerprint density at radius 2 is 0.832 bits per heavy atom. The van der Waals surface area contributed by atoms with Crippen molar-refractivity contribution >= 4 is 131 Å². The molecule has 3 saturated carbocycles. The number of carbonyl (C=O) groups is 10. The topological polar surface area (TPSA) is 307 Å².